The lowest BCUT2D eigenvalue weighted by atomic mass is 10.1. The molecule has 0 radical (unpaired) electrons. The Hall–Kier alpha value is -2.11. The number of hydrogen-bond donors (Lipinski definition) is 1. The average Bonchev–Trinajstić information content (AvgIpc) is 2.42. The molecular formula is C16H22FNO4. The summed E-state index contributed by atoms with van der Waals surface area (Å²) in [6, 6.07) is 4.31. The summed E-state index contributed by atoms with van der Waals surface area (Å²) in [4.78, 5) is 22.9. The molecule has 5 nitrogen and oxygen atoms in total. The smallest absolute Gasteiger partial charge is 0.407 e. The van der Waals surface area contributed by atoms with Crippen LogP contribution < -0.4 is 5.32 Å². The molecule has 1 aromatic carbocycles. The van der Waals surface area contributed by atoms with E-state index in [9.17, 15) is 14.0 Å². The molecule has 0 aliphatic rings. The van der Waals surface area contributed by atoms with Crippen molar-refractivity contribution in [1.82, 2.24) is 5.32 Å². The molecule has 0 saturated carbocycles. The summed E-state index contributed by atoms with van der Waals surface area (Å²) in [7, 11) is 1.21. The lowest BCUT2D eigenvalue weighted by Crippen LogP contribution is -2.33. The number of amides is 1. The molecule has 0 aromatic heterocycles. The summed E-state index contributed by atoms with van der Waals surface area (Å²) < 4.78 is 23.1. The van der Waals surface area contributed by atoms with E-state index in [0.29, 0.717) is 19.4 Å². The summed E-state index contributed by atoms with van der Waals surface area (Å²) in [5, 5.41) is 2.64. The van der Waals surface area contributed by atoms with Gasteiger partial charge in [0.15, 0.2) is 0 Å². The van der Waals surface area contributed by atoms with Crippen molar-refractivity contribution in [3.63, 3.8) is 0 Å². The van der Waals surface area contributed by atoms with Crippen LogP contribution >= 0.6 is 0 Å². The van der Waals surface area contributed by atoms with E-state index < -0.39 is 23.5 Å². The molecule has 1 aromatic rings. The predicted molar refractivity (Wildman–Crippen MR) is 80.3 cm³/mol. The minimum Gasteiger partial charge on any atom is -0.465 e. The average molecular weight is 311 g/mol. The van der Waals surface area contributed by atoms with Crippen molar-refractivity contribution in [3.05, 3.63) is 35.1 Å². The molecule has 0 aliphatic heterocycles. The van der Waals surface area contributed by atoms with E-state index >= 15 is 0 Å². The third-order valence-corrected chi connectivity index (χ3v) is 2.75. The Kier molecular flexibility index (Phi) is 6.34. The van der Waals surface area contributed by atoms with Crippen molar-refractivity contribution < 1.29 is 23.5 Å². The second kappa shape index (κ2) is 7.77. The monoisotopic (exact) mass is 311 g/mol. The van der Waals surface area contributed by atoms with Crippen molar-refractivity contribution in [3.8, 4) is 0 Å². The van der Waals surface area contributed by atoms with Gasteiger partial charge < -0.3 is 14.8 Å². The van der Waals surface area contributed by atoms with Gasteiger partial charge in [0, 0.05) is 6.54 Å². The van der Waals surface area contributed by atoms with Gasteiger partial charge in [-0.2, -0.15) is 0 Å². The fourth-order valence-electron chi connectivity index (χ4n) is 1.79. The van der Waals surface area contributed by atoms with Crippen LogP contribution in [-0.2, 0) is 15.9 Å². The summed E-state index contributed by atoms with van der Waals surface area (Å²) >= 11 is 0. The van der Waals surface area contributed by atoms with Gasteiger partial charge in [0.1, 0.15) is 11.4 Å². The number of nitrogens with one attached hydrogen (secondary N) is 1. The lowest BCUT2D eigenvalue weighted by Gasteiger charge is -2.19. The van der Waals surface area contributed by atoms with E-state index in [0.717, 1.165) is 5.56 Å². The van der Waals surface area contributed by atoms with Gasteiger partial charge in [-0.05, 0) is 51.3 Å². The van der Waals surface area contributed by atoms with Gasteiger partial charge >= 0.3 is 12.1 Å². The number of rotatable bonds is 5. The highest BCUT2D eigenvalue weighted by molar-refractivity contribution is 5.89. The highest BCUT2D eigenvalue weighted by Crippen LogP contribution is 2.13. The largest absolute Gasteiger partial charge is 0.465 e. The fourth-order valence-corrected chi connectivity index (χ4v) is 1.79. The molecule has 0 bridgehead atoms. The Bertz CT molecular complexity index is 537. The van der Waals surface area contributed by atoms with Crippen LogP contribution in [-0.4, -0.2) is 31.3 Å². The van der Waals surface area contributed by atoms with Crippen LogP contribution in [0.3, 0.4) is 0 Å². The van der Waals surface area contributed by atoms with E-state index in [-0.39, 0.29) is 5.56 Å². The Morgan fingerprint density at radius 2 is 1.95 bits per heavy atom. The first-order valence-electron chi connectivity index (χ1n) is 7.06. The Morgan fingerprint density at radius 3 is 2.55 bits per heavy atom. The Morgan fingerprint density at radius 1 is 1.27 bits per heavy atom. The van der Waals surface area contributed by atoms with Gasteiger partial charge in [-0.3, -0.25) is 0 Å². The molecule has 1 N–H and O–H groups in total. The summed E-state index contributed by atoms with van der Waals surface area (Å²) in [5.41, 5.74) is 0.184. The van der Waals surface area contributed by atoms with Crippen LogP contribution in [0.4, 0.5) is 9.18 Å². The van der Waals surface area contributed by atoms with Crippen molar-refractivity contribution in [2.75, 3.05) is 13.7 Å². The van der Waals surface area contributed by atoms with Crippen molar-refractivity contribution >= 4 is 12.1 Å². The van der Waals surface area contributed by atoms with Crippen molar-refractivity contribution in [2.45, 2.75) is 39.2 Å². The number of carbonyl (C=O) groups excluding carboxylic acids is 2. The van der Waals surface area contributed by atoms with Gasteiger partial charge in [-0.25, -0.2) is 14.0 Å². The van der Waals surface area contributed by atoms with E-state index in [4.69, 9.17) is 4.74 Å². The summed E-state index contributed by atoms with van der Waals surface area (Å²) in [6.45, 7) is 5.80. The maximum absolute atomic E-state index is 13.5. The Labute approximate surface area is 129 Å². The molecule has 0 atom stereocenters. The number of carbonyl (C=O) groups is 2. The highest BCUT2D eigenvalue weighted by atomic mass is 19.1. The van der Waals surface area contributed by atoms with E-state index in [1.54, 1.807) is 26.8 Å². The number of benzene rings is 1. The zero-order chi connectivity index (χ0) is 16.8. The highest BCUT2D eigenvalue weighted by Gasteiger charge is 2.15. The van der Waals surface area contributed by atoms with Crippen molar-refractivity contribution in [1.29, 1.82) is 0 Å². The first-order valence-corrected chi connectivity index (χ1v) is 7.06. The van der Waals surface area contributed by atoms with Crippen molar-refractivity contribution in [2.24, 2.45) is 0 Å². The van der Waals surface area contributed by atoms with Crippen LogP contribution in [0.2, 0.25) is 0 Å². The molecule has 0 fully saturated rings. The number of ether oxygens (including phenoxy) is 2. The van der Waals surface area contributed by atoms with E-state index in [1.165, 1.54) is 19.2 Å². The molecule has 122 valence electrons. The van der Waals surface area contributed by atoms with Gasteiger partial charge in [0.25, 0.3) is 0 Å². The van der Waals surface area contributed by atoms with E-state index in [1.807, 2.05) is 0 Å². The topological polar surface area (TPSA) is 64.6 Å². The van der Waals surface area contributed by atoms with Crippen LogP contribution in [0.15, 0.2) is 18.2 Å². The van der Waals surface area contributed by atoms with Crippen LogP contribution in [0, 0.1) is 5.82 Å². The molecule has 0 spiro atoms. The maximum Gasteiger partial charge on any atom is 0.407 e. The van der Waals surface area contributed by atoms with Crippen LogP contribution in [0.25, 0.3) is 0 Å². The molecule has 1 amide bonds. The van der Waals surface area contributed by atoms with Gasteiger partial charge in [0.05, 0.1) is 12.7 Å². The molecule has 0 heterocycles. The number of halogens is 1. The molecule has 0 aliphatic carbocycles. The van der Waals surface area contributed by atoms with Gasteiger partial charge in [-0.15, -0.1) is 0 Å². The third-order valence-electron chi connectivity index (χ3n) is 2.75. The number of methoxy groups -OCH3 is 1. The summed E-state index contributed by atoms with van der Waals surface area (Å²) in [5.74, 6) is -1.31. The van der Waals surface area contributed by atoms with Gasteiger partial charge in [0.2, 0.25) is 0 Å². The maximum atomic E-state index is 13.5. The van der Waals surface area contributed by atoms with E-state index in [2.05, 4.69) is 10.1 Å². The molecule has 1 rings (SSSR count). The SMILES string of the molecule is COC(=O)c1cc(CCCNC(=O)OC(C)(C)C)ccc1F. The predicted octanol–water partition coefficient (Wildman–Crippen LogP) is 3.07. The van der Waals surface area contributed by atoms with Gasteiger partial charge in [-0.1, -0.05) is 6.07 Å². The molecular weight excluding hydrogens is 289 g/mol. The first kappa shape index (κ1) is 17.9. The second-order valence-electron chi connectivity index (χ2n) is 5.84. The minimum atomic E-state index is -0.703. The lowest BCUT2D eigenvalue weighted by molar-refractivity contribution is 0.0526. The van der Waals surface area contributed by atoms with Crippen LogP contribution in [0.1, 0.15) is 43.1 Å². The number of aryl methyl sites for hydroxylation is 1. The quantitative estimate of drug-likeness (QED) is 0.670. The fraction of sp³-hybridized carbons (Fsp3) is 0.500. The number of esters is 1. The molecule has 22 heavy (non-hydrogen) atoms. The first-order chi connectivity index (χ1) is 10.2. The second-order valence-corrected chi connectivity index (χ2v) is 5.84. The van der Waals surface area contributed by atoms with Crippen LogP contribution in [0.5, 0.6) is 0 Å². The number of alkyl carbamates (subject to hydrolysis) is 1. The summed E-state index contributed by atoms with van der Waals surface area (Å²) in [6.07, 6.45) is 0.771. The molecule has 0 unspecified atom stereocenters. The standard InChI is InChI=1S/C16H22FNO4/c1-16(2,3)22-15(20)18-9-5-6-11-7-8-13(17)12(10-11)14(19)21-4/h7-8,10H,5-6,9H2,1-4H3,(H,18,20). The molecule has 6 heteroatoms. The zero-order valence-corrected chi connectivity index (χ0v) is 13.4. The zero-order valence-electron chi connectivity index (χ0n) is 13.4. The minimum absolute atomic E-state index is 0.0832. The third kappa shape index (κ3) is 6.11. The number of hydrogen-bond acceptors (Lipinski definition) is 4. The normalized spacial score (nSPS) is 11.0. The molecule has 0 saturated heterocycles. The Balaban J connectivity index is 2.46.